The molecule has 0 rings (SSSR count). The highest BCUT2D eigenvalue weighted by atomic mass is 32.1. The van der Waals surface area contributed by atoms with Gasteiger partial charge < -0.3 is 4.84 Å². The number of hydrogen-bond donors (Lipinski definition) is 1. The van der Waals surface area contributed by atoms with Gasteiger partial charge in [0.1, 0.15) is 0 Å². The summed E-state index contributed by atoms with van der Waals surface area (Å²) in [6.45, 7) is 12.0. The van der Waals surface area contributed by atoms with Gasteiger partial charge in [0.05, 0.1) is 5.71 Å². The molecule has 0 amide bonds. The number of oxime groups is 1. The fraction of sp³-hybridized carbons (Fsp3) is 0.889. The van der Waals surface area contributed by atoms with E-state index in [1.807, 2.05) is 20.8 Å². The second kappa shape index (κ2) is 3.69. The molecule has 2 nitrogen and oxygen atoms in total. The second-order valence-corrected chi connectivity index (χ2v) is 5.54. The van der Waals surface area contributed by atoms with Crippen LogP contribution in [0.25, 0.3) is 0 Å². The predicted molar refractivity (Wildman–Crippen MR) is 56.7 cm³/mol. The van der Waals surface area contributed by atoms with E-state index in [0.29, 0.717) is 0 Å². The van der Waals surface area contributed by atoms with Crippen molar-refractivity contribution in [3.63, 3.8) is 0 Å². The molecule has 0 aliphatic heterocycles. The minimum atomic E-state index is -0.494. The normalized spacial score (nSPS) is 14.8. The van der Waals surface area contributed by atoms with E-state index in [-0.39, 0.29) is 5.41 Å². The molecule has 0 fully saturated rings. The number of hydrogen-bond acceptors (Lipinski definition) is 3. The molecular weight excluding hydrogens is 170 g/mol. The maximum atomic E-state index is 5.17. The standard InChI is InChI=1S/C9H19NOS/c1-7(8(2,3)4)10-11-9(5,6)12/h12H,1-6H3/b10-7+. The first kappa shape index (κ1) is 11.8. The summed E-state index contributed by atoms with van der Waals surface area (Å²) in [4.78, 5) is 4.68. The minimum Gasteiger partial charge on any atom is -0.379 e. The van der Waals surface area contributed by atoms with Gasteiger partial charge in [-0.3, -0.25) is 0 Å². The molecule has 0 saturated carbocycles. The van der Waals surface area contributed by atoms with Crippen LogP contribution >= 0.6 is 12.6 Å². The SMILES string of the molecule is C/C(=N\OC(C)(C)S)C(C)(C)C. The summed E-state index contributed by atoms with van der Waals surface area (Å²) in [5.41, 5.74) is 1.04. The van der Waals surface area contributed by atoms with E-state index in [2.05, 4.69) is 38.6 Å². The van der Waals surface area contributed by atoms with Crippen LogP contribution in [0.1, 0.15) is 41.5 Å². The van der Waals surface area contributed by atoms with E-state index in [1.54, 1.807) is 0 Å². The molecule has 0 aliphatic rings. The molecule has 0 aromatic heterocycles. The van der Waals surface area contributed by atoms with Crippen LogP contribution in [0.4, 0.5) is 0 Å². The lowest BCUT2D eigenvalue weighted by molar-refractivity contribution is 0.0581. The van der Waals surface area contributed by atoms with Gasteiger partial charge in [0, 0.05) is 5.41 Å². The van der Waals surface area contributed by atoms with Crippen LogP contribution in [-0.4, -0.2) is 10.6 Å². The van der Waals surface area contributed by atoms with Crippen molar-refractivity contribution in [1.82, 2.24) is 0 Å². The van der Waals surface area contributed by atoms with E-state index in [4.69, 9.17) is 4.84 Å². The Morgan fingerprint density at radius 1 is 1.17 bits per heavy atom. The molecule has 0 saturated heterocycles. The molecule has 72 valence electrons. The second-order valence-electron chi connectivity index (χ2n) is 4.46. The molecule has 0 N–H and O–H groups in total. The average molecular weight is 189 g/mol. The number of nitrogens with zero attached hydrogens (tertiary/aromatic N) is 1. The minimum absolute atomic E-state index is 0.0685. The van der Waals surface area contributed by atoms with E-state index in [9.17, 15) is 0 Å². The lowest BCUT2D eigenvalue weighted by Crippen LogP contribution is -2.20. The Bertz CT molecular complexity index is 174. The van der Waals surface area contributed by atoms with Crippen molar-refractivity contribution in [2.75, 3.05) is 0 Å². The summed E-state index contributed by atoms with van der Waals surface area (Å²) in [7, 11) is 0. The Morgan fingerprint density at radius 2 is 1.58 bits per heavy atom. The monoisotopic (exact) mass is 189 g/mol. The molecule has 3 heteroatoms. The van der Waals surface area contributed by atoms with Gasteiger partial charge in [-0.2, -0.15) is 0 Å². The van der Waals surface area contributed by atoms with Gasteiger partial charge in [-0.05, 0) is 20.8 Å². The molecule has 12 heavy (non-hydrogen) atoms. The summed E-state index contributed by atoms with van der Waals surface area (Å²) in [5.74, 6) is 0. The summed E-state index contributed by atoms with van der Waals surface area (Å²) in [6.07, 6.45) is 0. The quantitative estimate of drug-likeness (QED) is 0.306. The van der Waals surface area contributed by atoms with Crippen molar-refractivity contribution in [2.24, 2.45) is 10.6 Å². The zero-order chi connectivity index (χ0) is 9.99. The highest BCUT2D eigenvalue weighted by Crippen LogP contribution is 2.19. The third-order valence-corrected chi connectivity index (χ3v) is 1.57. The van der Waals surface area contributed by atoms with E-state index < -0.39 is 4.93 Å². The van der Waals surface area contributed by atoms with Crippen LogP contribution < -0.4 is 0 Å². The van der Waals surface area contributed by atoms with Crippen LogP contribution in [0, 0.1) is 5.41 Å². The van der Waals surface area contributed by atoms with Crippen molar-refractivity contribution in [2.45, 2.75) is 46.5 Å². The third-order valence-electron chi connectivity index (χ3n) is 1.49. The van der Waals surface area contributed by atoms with Crippen molar-refractivity contribution in [3.05, 3.63) is 0 Å². The number of rotatable bonds is 2. The summed E-state index contributed by atoms with van der Waals surface area (Å²) in [5, 5.41) is 4.01. The van der Waals surface area contributed by atoms with Crippen molar-refractivity contribution < 1.29 is 4.84 Å². The van der Waals surface area contributed by atoms with Gasteiger partial charge in [-0.25, -0.2) is 0 Å². The average Bonchev–Trinajstić information content (AvgIpc) is 1.78. The Morgan fingerprint density at radius 3 is 1.83 bits per heavy atom. The zero-order valence-electron chi connectivity index (χ0n) is 8.80. The Balaban J connectivity index is 4.21. The predicted octanol–water partition coefficient (Wildman–Crippen LogP) is 3.09. The highest BCUT2D eigenvalue weighted by molar-refractivity contribution is 7.81. The molecule has 0 heterocycles. The van der Waals surface area contributed by atoms with Crippen molar-refractivity contribution >= 4 is 18.3 Å². The molecule has 0 aliphatic carbocycles. The molecule has 0 aromatic rings. The van der Waals surface area contributed by atoms with Crippen molar-refractivity contribution in [3.8, 4) is 0 Å². The van der Waals surface area contributed by atoms with E-state index >= 15 is 0 Å². The van der Waals surface area contributed by atoms with E-state index in [0.717, 1.165) is 5.71 Å². The van der Waals surface area contributed by atoms with Crippen LogP contribution in [-0.2, 0) is 4.84 Å². The fourth-order valence-electron chi connectivity index (χ4n) is 0.317. The lowest BCUT2D eigenvalue weighted by atomic mass is 9.91. The Kier molecular flexibility index (Phi) is 3.63. The van der Waals surface area contributed by atoms with Crippen LogP contribution in [0.2, 0.25) is 0 Å². The molecule has 0 atom stereocenters. The maximum absolute atomic E-state index is 5.17. The largest absolute Gasteiger partial charge is 0.379 e. The van der Waals surface area contributed by atoms with Crippen LogP contribution in [0.5, 0.6) is 0 Å². The summed E-state index contributed by atoms with van der Waals surface area (Å²) < 4.78 is 0. The van der Waals surface area contributed by atoms with Crippen molar-refractivity contribution in [1.29, 1.82) is 0 Å². The topological polar surface area (TPSA) is 21.6 Å². The molecule has 0 aromatic carbocycles. The molecule has 0 bridgehead atoms. The molecule has 0 spiro atoms. The fourth-order valence-corrected chi connectivity index (χ4v) is 0.358. The van der Waals surface area contributed by atoms with Gasteiger partial charge in [0.15, 0.2) is 4.93 Å². The van der Waals surface area contributed by atoms with Crippen LogP contribution in [0.15, 0.2) is 5.16 Å². The van der Waals surface area contributed by atoms with Gasteiger partial charge in [0.25, 0.3) is 0 Å². The van der Waals surface area contributed by atoms with E-state index in [1.165, 1.54) is 0 Å². The first-order valence-electron chi connectivity index (χ1n) is 4.08. The smallest absolute Gasteiger partial charge is 0.174 e. The number of thiol groups is 1. The maximum Gasteiger partial charge on any atom is 0.174 e. The zero-order valence-corrected chi connectivity index (χ0v) is 9.70. The van der Waals surface area contributed by atoms with Crippen LogP contribution in [0.3, 0.4) is 0 Å². The van der Waals surface area contributed by atoms with Gasteiger partial charge in [-0.15, -0.1) is 12.6 Å². The molecule has 0 unspecified atom stereocenters. The van der Waals surface area contributed by atoms with Gasteiger partial charge in [0.2, 0.25) is 0 Å². The first-order chi connectivity index (χ1) is 5.13. The Labute approximate surface area is 80.8 Å². The summed E-state index contributed by atoms with van der Waals surface area (Å²) >= 11 is 4.20. The molecular formula is C9H19NOS. The van der Waals surface area contributed by atoms with Gasteiger partial charge >= 0.3 is 0 Å². The first-order valence-corrected chi connectivity index (χ1v) is 4.53. The Hall–Kier alpha value is -0.180. The highest BCUT2D eigenvalue weighted by Gasteiger charge is 2.17. The summed E-state index contributed by atoms with van der Waals surface area (Å²) in [6, 6.07) is 0. The molecule has 0 radical (unpaired) electrons. The third kappa shape index (κ3) is 5.47. The lowest BCUT2D eigenvalue weighted by Gasteiger charge is -2.20. The van der Waals surface area contributed by atoms with Gasteiger partial charge in [-0.1, -0.05) is 25.9 Å².